The Morgan fingerprint density at radius 2 is 2.00 bits per heavy atom. The fourth-order valence-electron chi connectivity index (χ4n) is 6.24. The van der Waals surface area contributed by atoms with Crippen molar-refractivity contribution in [2.24, 2.45) is 0 Å². The van der Waals surface area contributed by atoms with Gasteiger partial charge in [-0.2, -0.15) is 5.10 Å². The molecule has 1 saturated heterocycles. The molecule has 1 fully saturated rings. The zero-order chi connectivity index (χ0) is 29.5. The molecule has 5 aromatic rings. The Hall–Kier alpha value is -5.03. The van der Waals surface area contributed by atoms with Crippen LogP contribution in [0.15, 0.2) is 73.7 Å². The molecular formula is C32H33N9O2. The van der Waals surface area contributed by atoms with E-state index in [1.165, 1.54) is 17.2 Å². The molecule has 1 aliphatic carbocycles. The number of anilines is 1. The summed E-state index contributed by atoms with van der Waals surface area (Å²) < 4.78 is 9.06. The van der Waals surface area contributed by atoms with Crippen molar-refractivity contribution in [3.8, 4) is 28.6 Å². The van der Waals surface area contributed by atoms with Crippen LogP contribution < -0.4 is 15.8 Å². The van der Waals surface area contributed by atoms with Crippen molar-refractivity contribution in [2.75, 3.05) is 25.9 Å². The number of hydrogen-bond donors (Lipinski definition) is 2. The molecule has 0 saturated carbocycles. The first-order chi connectivity index (χ1) is 21.0. The topological polar surface area (TPSA) is 129 Å². The number of nitrogen functional groups attached to an aromatic ring is 1. The normalized spacial score (nSPS) is 16.9. The van der Waals surface area contributed by atoms with Crippen molar-refractivity contribution in [1.29, 1.82) is 0 Å². The molecule has 218 valence electrons. The highest BCUT2D eigenvalue weighted by Gasteiger charge is 2.29. The minimum atomic E-state index is 0.0163. The summed E-state index contributed by atoms with van der Waals surface area (Å²) in [6.45, 7) is 5.14. The van der Waals surface area contributed by atoms with Crippen molar-refractivity contribution in [2.45, 2.75) is 37.8 Å². The fraction of sp³-hybridized carbons (Fsp3) is 0.281. The first-order valence-corrected chi connectivity index (χ1v) is 14.5. The number of piperidine rings is 1. The number of aryl methyl sites for hydroxylation is 1. The van der Waals surface area contributed by atoms with Crippen molar-refractivity contribution in [1.82, 2.24) is 39.5 Å². The molecule has 1 atom stereocenters. The van der Waals surface area contributed by atoms with Crippen LogP contribution >= 0.6 is 0 Å². The number of nitrogens with zero attached hydrogens (tertiary/aromatic N) is 7. The second-order valence-electron chi connectivity index (χ2n) is 11.0. The number of pyridine rings is 2. The lowest BCUT2D eigenvalue weighted by Gasteiger charge is -2.33. The average molecular weight is 576 g/mol. The number of rotatable bonds is 7. The van der Waals surface area contributed by atoms with Gasteiger partial charge in [0.1, 0.15) is 11.3 Å². The number of ether oxygens (including phenoxy) is 1. The molecule has 1 aromatic carbocycles. The van der Waals surface area contributed by atoms with Gasteiger partial charge >= 0.3 is 0 Å². The molecule has 2 aliphatic rings. The lowest BCUT2D eigenvalue weighted by molar-refractivity contribution is -0.127. The lowest BCUT2D eigenvalue weighted by Crippen LogP contribution is -2.45. The van der Waals surface area contributed by atoms with Gasteiger partial charge in [-0.15, -0.1) is 0 Å². The number of likely N-dealkylation sites (tertiary alicyclic amines) is 1. The Labute approximate surface area is 249 Å². The van der Waals surface area contributed by atoms with E-state index in [2.05, 4.69) is 44.7 Å². The van der Waals surface area contributed by atoms with Crippen molar-refractivity contribution >= 4 is 22.9 Å². The number of nitrogens with two attached hydrogens (primary N) is 1. The number of aromatic nitrogens is 6. The quantitative estimate of drug-likeness (QED) is 0.279. The van der Waals surface area contributed by atoms with Crippen LogP contribution in [0.4, 0.5) is 5.82 Å². The number of benzene rings is 1. The molecule has 0 radical (unpaired) electrons. The molecule has 11 heteroatoms. The van der Waals surface area contributed by atoms with Gasteiger partial charge in [0.05, 0.1) is 25.1 Å². The van der Waals surface area contributed by atoms with Crippen LogP contribution in [0.5, 0.6) is 5.75 Å². The van der Waals surface area contributed by atoms with E-state index in [4.69, 9.17) is 20.4 Å². The number of fused-ring (bicyclic) bond motifs is 2. The molecule has 5 heterocycles. The third kappa shape index (κ3) is 4.91. The number of hydrogen-bond acceptors (Lipinski definition) is 8. The van der Waals surface area contributed by atoms with Gasteiger partial charge in [-0.3, -0.25) is 9.36 Å². The first kappa shape index (κ1) is 26.8. The van der Waals surface area contributed by atoms with Gasteiger partial charge in [-0.25, -0.2) is 19.6 Å². The molecule has 0 unspecified atom stereocenters. The van der Waals surface area contributed by atoms with Crippen LogP contribution in [0.1, 0.15) is 36.4 Å². The van der Waals surface area contributed by atoms with Gasteiger partial charge in [0.25, 0.3) is 0 Å². The van der Waals surface area contributed by atoms with Crippen molar-refractivity contribution in [3.05, 3.63) is 84.8 Å². The summed E-state index contributed by atoms with van der Waals surface area (Å²) in [4.78, 5) is 28.1. The number of imidazole rings is 1. The van der Waals surface area contributed by atoms with Crippen LogP contribution in [0.25, 0.3) is 34.1 Å². The number of amides is 1. The highest BCUT2D eigenvalue weighted by atomic mass is 16.5. The van der Waals surface area contributed by atoms with E-state index in [1.807, 2.05) is 29.2 Å². The summed E-state index contributed by atoms with van der Waals surface area (Å²) in [5.41, 5.74) is 12.1. The van der Waals surface area contributed by atoms with Crippen LogP contribution in [-0.2, 0) is 11.2 Å². The summed E-state index contributed by atoms with van der Waals surface area (Å²) in [7, 11) is 1.61. The van der Waals surface area contributed by atoms with Gasteiger partial charge in [-0.1, -0.05) is 12.6 Å². The third-order valence-electron chi connectivity index (χ3n) is 8.48. The average Bonchev–Trinajstić information content (AvgIpc) is 3.78. The summed E-state index contributed by atoms with van der Waals surface area (Å²) in [6, 6.07) is 14.9. The Bertz CT molecular complexity index is 1830. The number of carbonyl (C=O) groups excluding carboxylic acids is 1. The van der Waals surface area contributed by atoms with E-state index in [9.17, 15) is 4.79 Å². The van der Waals surface area contributed by atoms with E-state index in [1.54, 1.807) is 30.4 Å². The predicted octanol–water partition coefficient (Wildman–Crippen LogP) is 4.01. The number of carbonyl (C=O) groups is 1. The predicted molar refractivity (Wildman–Crippen MR) is 164 cm³/mol. The van der Waals surface area contributed by atoms with Gasteiger partial charge in [0.2, 0.25) is 5.91 Å². The van der Waals surface area contributed by atoms with E-state index >= 15 is 0 Å². The second kappa shape index (κ2) is 11.0. The minimum absolute atomic E-state index is 0.0163. The summed E-state index contributed by atoms with van der Waals surface area (Å²) in [5, 5.41) is 8.28. The zero-order valence-corrected chi connectivity index (χ0v) is 24.0. The molecule has 1 amide bonds. The first-order valence-electron chi connectivity index (χ1n) is 14.5. The Balaban J connectivity index is 1.24. The second-order valence-corrected chi connectivity index (χ2v) is 11.0. The van der Waals surface area contributed by atoms with Crippen LogP contribution in [-0.4, -0.2) is 66.3 Å². The summed E-state index contributed by atoms with van der Waals surface area (Å²) in [5.74, 6) is 2.40. The van der Waals surface area contributed by atoms with E-state index in [-0.39, 0.29) is 11.9 Å². The minimum Gasteiger partial charge on any atom is -0.493 e. The third-order valence-corrected chi connectivity index (χ3v) is 8.48. The fourth-order valence-corrected chi connectivity index (χ4v) is 6.24. The molecule has 4 aromatic heterocycles. The number of methoxy groups -OCH3 is 1. The summed E-state index contributed by atoms with van der Waals surface area (Å²) in [6.07, 6.45) is 10.4. The molecule has 0 bridgehead atoms. The number of nitrogens with one attached hydrogen (secondary N) is 1. The Morgan fingerprint density at radius 1 is 1.14 bits per heavy atom. The van der Waals surface area contributed by atoms with Crippen LogP contribution in [0.2, 0.25) is 0 Å². The van der Waals surface area contributed by atoms with Gasteiger partial charge in [0, 0.05) is 37.1 Å². The lowest BCUT2D eigenvalue weighted by atomic mass is 10.0. The Kier molecular flexibility index (Phi) is 6.86. The molecule has 0 spiro atoms. The molecule has 11 nitrogen and oxygen atoms in total. The monoisotopic (exact) mass is 575 g/mol. The largest absolute Gasteiger partial charge is 0.493 e. The highest BCUT2D eigenvalue weighted by Crippen LogP contribution is 2.36. The van der Waals surface area contributed by atoms with Gasteiger partial charge in [-0.05, 0) is 79.3 Å². The smallest absolute Gasteiger partial charge is 0.245 e. The maximum atomic E-state index is 12.0. The van der Waals surface area contributed by atoms with Gasteiger partial charge < -0.3 is 20.7 Å². The molecule has 7 rings (SSSR count). The van der Waals surface area contributed by atoms with Crippen molar-refractivity contribution in [3.63, 3.8) is 0 Å². The van der Waals surface area contributed by atoms with Crippen molar-refractivity contribution < 1.29 is 9.53 Å². The van der Waals surface area contributed by atoms with Crippen LogP contribution in [0, 0.1) is 0 Å². The zero-order valence-electron chi connectivity index (χ0n) is 24.0. The SMILES string of the molecule is C=CC(=O)N1CCC(N[C@H]2CCc3cc(-n4c(-c5cccnc5N)nc5ccc(-n6cc(OC)cn6)nc54)ccc32)CC1. The Morgan fingerprint density at radius 3 is 2.77 bits per heavy atom. The van der Waals surface area contributed by atoms with E-state index in [0.717, 1.165) is 55.5 Å². The molecule has 43 heavy (non-hydrogen) atoms. The molecule has 1 aliphatic heterocycles. The van der Waals surface area contributed by atoms with E-state index in [0.29, 0.717) is 34.9 Å². The maximum absolute atomic E-state index is 12.0. The molecular weight excluding hydrogens is 542 g/mol. The summed E-state index contributed by atoms with van der Waals surface area (Å²) >= 11 is 0. The maximum Gasteiger partial charge on any atom is 0.245 e. The molecule has 3 N–H and O–H groups in total. The highest BCUT2D eigenvalue weighted by molar-refractivity contribution is 5.87. The van der Waals surface area contributed by atoms with Gasteiger partial charge in [0.15, 0.2) is 23.0 Å². The standard InChI is InChI=1S/C32H33N9O2/c1-3-29(42)39-15-12-21(13-16-39)36-26-9-6-20-17-22(7-8-24(20)26)41-31(25-5-4-14-34-30(25)33)37-27-10-11-28(38-32(27)41)40-19-23(43-2)18-35-40/h3-5,7-8,10-11,14,17-19,21,26,36H,1,6,9,12-13,15-16H2,2H3,(H2,33,34)/t26-/m0/s1. The van der Waals surface area contributed by atoms with E-state index < -0.39 is 0 Å². The van der Waals surface area contributed by atoms with Crippen LogP contribution in [0.3, 0.4) is 0 Å².